The third-order valence-electron chi connectivity index (χ3n) is 4.32. The van der Waals surface area contributed by atoms with Crippen LogP contribution in [0.3, 0.4) is 0 Å². The molecule has 2 aromatic heterocycles. The number of aromatic nitrogens is 5. The number of aryl methyl sites for hydroxylation is 4. The summed E-state index contributed by atoms with van der Waals surface area (Å²) in [6.07, 6.45) is 6.33. The van der Waals surface area contributed by atoms with Crippen LogP contribution in [-0.4, -0.2) is 48.4 Å². The summed E-state index contributed by atoms with van der Waals surface area (Å²) in [7, 11) is 0. The predicted molar refractivity (Wildman–Crippen MR) is 85.9 cm³/mol. The minimum Gasteiger partial charge on any atom is -0.340 e. The Morgan fingerprint density at radius 2 is 2.17 bits per heavy atom. The molecule has 1 amide bonds. The van der Waals surface area contributed by atoms with E-state index in [1.165, 1.54) is 0 Å². The maximum Gasteiger partial charge on any atom is 0.224 e. The zero-order chi connectivity index (χ0) is 16.4. The van der Waals surface area contributed by atoms with Crippen LogP contribution in [0, 0.1) is 20.8 Å². The average Bonchev–Trinajstić information content (AvgIpc) is 3.10. The van der Waals surface area contributed by atoms with Crippen molar-refractivity contribution in [3.8, 4) is 0 Å². The van der Waals surface area contributed by atoms with E-state index in [0.717, 1.165) is 43.1 Å². The molecule has 23 heavy (non-hydrogen) atoms. The molecule has 3 rings (SSSR count). The fourth-order valence-corrected chi connectivity index (χ4v) is 3.22. The van der Waals surface area contributed by atoms with Gasteiger partial charge < -0.3 is 4.90 Å². The topological polar surface area (TPSA) is 68.8 Å². The first-order valence-corrected chi connectivity index (χ1v) is 8.19. The summed E-state index contributed by atoms with van der Waals surface area (Å²) in [6.45, 7) is 8.07. The Kier molecular flexibility index (Phi) is 4.45. The van der Waals surface area contributed by atoms with Gasteiger partial charge in [-0.3, -0.25) is 9.48 Å². The van der Waals surface area contributed by atoms with Gasteiger partial charge in [-0.05, 0) is 39.2 Å². The molecule has 1 fully saturated rings. The molecular formula is C16H24N6O. The lowest BCUT2D eigenvalue weighted by molar-refractivity contribution is -0.133. The standard InChI is InChI=1S/C16H24N6O/c1-12-9-17-21(10-12)8-6-16(23)20-7-4-5-15(11-20)22-14(3)18-13(2)19-22/h9-10,15H,4-8,11H2,1-3H3/t15-/m1/s1. The molecule has 0 aliphatic carbocycles. The van der Waals surface area contributed by atoms with Crippen molar-refractivity contribution in [2.45, 2.75) is 52.6 Å². The number of rotatable bonds is 4. The summed E-state index contributed by atoms with van der Waals surface area (Å²) in [5.74, 6) is 1.91. The normalized spacial score (nSPS) is 18.4. The van der Waals surface area contributed by atoms with E-state index in [1.807, 2.05) is 47.4 Å². The van der Waals surface area contributed by atoms with Crippen molar-refractivity contribution in [3.05, 3.63) is 29.6 Å². The number of hydrogen-bond donors (Lipinski definition) is 0. The average molecular weight is 316 g/mol. The second-order valence-corrected chi connectivity index (χ2v) is 6.32. The summed E-state index contributed by atoms with van der Waals surface area (Å²) in [4.78, 5) is 18.8. The van der Waals surface area contributed by atoms with Crippen LogP contribution in [0.5, 0.6) is 0 Å². The molecule has 2 aromatic rings. The number of carbonyl (C=O) groups excluding carboxylic acids is 1. The highest BCUT2D eigenvalue weighted by molar-refractivity contribution is 5.76. The lowest BCUT2D eigenvalue weighted by Crippen LogP contribution is -2.41. The molecule has 0 radical (unpaired) electrons. The van der Waals surface area contributed by atoms with Crippen LogP contribution in [0.25, 0.3) is 0 Å². The van der Waals surface area contributed by atoms with E-state index >= 15 is 0 Å². The molecule has 7 nitrogen and oxygen atoms in total. The first kappa shape index (κ1) is 15.7. The Morgan fingerprint density at radius 1 is 1.35 bits per heavy atom. The Hall–Kier alpha value is -2.18. The molecule has 1 aliphatic heterocycles. The summed E-state index contributed by atoms with van der Waals surface area (Å²) >= 11 is 0. The highest BCUT2D eigenvalue weighted by Gasteiger charge is 2.26. The Bertz CT molecular complexity index is 689. The molecule has 1 aliphatic rings. The van der Waals surface area contributed by atoms with Gasteiger partial charge in [-0.2, -0.15) is 10.2 Å². The van der Waals surface area contributed by atoms with Gasteiger partial charge in [0.05, 0.1) is 12.2 Å². The second kappa shape index (κ2) is 6.52. The van der Waals surface area contributed by atoms with Gasteiger partial charge in [-0.15, -0.1) is 0 Å². The molecule has 0 N–H and O–H groups in total. The SMILES string of the molecule is Cc1cnn(CCC(=O)N2CCC[C@@H](n3nc(C)nc3C)C2)c1. The van der Waals surface area contributed by atoms with Gasteiger partial charge in [0.2, 0.25) is 5.91 Å². The lowest BCUT2D eigenvalue weighted by Gasteiger charge is -2.33. The zero-order valence-corrected chi connectivity index (χ0v) is 14.1. The van der Waals surface area contributed by atoms with Gasteiger partial charge >= 0.3 is 0 Å². The van der Waals surface area contributed by atoms with Gasteiger partial charge in [0.1, 0.15) is 11.6 Å². The van der Waals surface area contributed by atoms with Crippen molar-refractivity contribution >= 4 is 5.91 Å². The first-order valence-electron chi connectivity index (χ1n) is 8.19. The highest BCUT2D eigenvalue weighted by Crippen LogP contribution is 2.22. The highest BCUT2D eigenvalue weighted by atomic mass is 16.2. The van der Waals surface area contributed by atoms with Gasteiger partial charge in [0.25, 0.3) is 0 Å². The third-order valence-corrected chi connectivity index (χ3v) is 4.32. The first-order chi connectivity index (χ1) is 11.0. The number of hydrogen-bond acceptors (Lipinski definition) is 4. The molecule has 3 heterocycles. The predicted octanol–water partition coefficient (Wildman–Crippen LogP) is 1.65. The van der Waals surface area contributed by atoms with E-state index in [2.05, 4.69) is 15.2 Å². The van der Waals surface area contributed by atoms with Crippen molar-refractivity contribution in [1.82, 2.24) is 29.4 Å². The summed E-state index contributed by atoms with van der Waals surface area (Å²) in [6, 6.07) is 0.237. The Balaban J connectivity index is 1.59. The second-order valence-electron chi connectivity index (χ2n) is 6.32. The molecule has 1 saturated heterocycles. The molecule has 0 spiro atoms. The lowest BCUT2D eigenvalue weighted by atomic mass is 10.1. The molecule has 124 valence electrons. The third kappa shape index (κ3) is 3.60. The van der Waals surface area contributed by atoms with Crippen molar-refractivity contribution in [2.75, 3.05) is 13.1 Å². The zero-order valence-electron chi connectivity index (χ0n) is 14.1. The van der Waals surface area contributed by atoms with E-state index in [-0.39, 0.29) is 11.9 Å². The van der Waals surface area contributed by atoms with Gasteiger partial charge in [0.15, 0.2) is 0 Å². The van der Waals surface area contributed by atoms with Crippen molar-refractivity contribution < 1.29 is 4.79 Å². The Labute approximate surface area is 136 Å². The maximum absolute atomic E-state index is 12.5. The van der Waals surface area contributed by atoms with Crippen LogP contribution >= 0.6 is 0 Å². The number of likely N-dealkylation sites (tertiary alicyclic amines) is 1. The van der Waals surface area contributed by atoms with Gasteiger partial charge in [0, 0.05) is 32.3 Å². The minimum absolute atomic E-state index is 0.192. The van der Waals surface area contributed by atoms with Crippen LogP contribution in [0.1, 0.15) is 42.5 Å². The van der Waals surface area contributed by atoms with Gasteiger partial charge in [-0.25, -0.2) is 9.67 Å². The fourth-order valence-electron chi connectivity index (χ4n) is 3.22. The number of carbonyl (C=O) groups is 1. The van der Waals surface area contributed by atoms with Crippen molar-refractivity contribution in [3.63, 3.8) is 0 Å². The van der Waals surface area contributed by atoms with Crippen LogP contribution in [0.15, 0.2) is 12.4 Å². The van der Waals surface area contributed by atoms with Crippen LogP contribution in [0.2, 0.25) is 0 Å². The number of nitrogens with zero attached hydrogens (tertiary/aromatic N) is 6. The maximum atomic E-state index is 12.5. The monoisotopic (exact) mass is 316 g/mol. The quantitative estimate of drug-likeness (QED) is 0.860. The van der Waals surface area contributed by atoms with Crippen LogP contribution in [0.4, 0.5) is 0 Å². The fraction of sp³-hybridized carbons (Fsp3) is 0.625. The molecule has 0 aromatic carbocycles. The largest absolute Gasteiger partial charge is 0.340 e. The Morgan fingerprint density at radius 3 is 2.83 bits per heavy atom. The minimum atomic E-state index is 0.192. The smallest absolute Gasteiger partial charge is 0.224 e. The molecule has 7 heteroatoms. The molecular weight excluding hydrogens is 292 g/mol. The van der Waals surface area contributed by atoms with E-state index in [9.17, 15) is 4.79 Å². The van der Waals surface area contributed by atoms with E-state index in [0.29, 0.717) is 13.0 Å². The van der Waals surface area contributed by atoms with Crippen molar-refractivity contribution in [2.24, 2.45) is 0 Å². The van der Waals surface area contributed by atoms with Gasteiger partial charge in [-0.1, -0.05) is 0 Å². The van der Waals surface area contributed by atoms with Crippen LogP contribution < -0.4 is 0 Å². The number of amides is 1. The molecule has 0 saturated carbocycles. The number of piperidine rings is 1. The van der Waals surface area contributed by atoms with E-state index in [1.54, 1.807) is 0 Å². The molecule has 0 unspecified atom stereocenters. The van der Waals surface area contributed by atoms with E-state index in [4.69, 9.17) is 0 Å². The molecule has 0 bridgehead atoms. The molecule has 1 atom stereocenters. The van der Waals surface area contributed by atoms with E-state index < -0.39 is 0 Å². The summed E-state index contributed by atoms with van der Waals surface area (Å²) in [5, 5.41) is 8.71. The summed E-state index contributed by atoms with van der Waals surface area (Å²) in [5.41, 5.74) is 1.12. The van der Waals surface area contributed by atoms with Crippen LogP contribution in [-0.2, 0) is 11.3 Å². The summed E-state index contributed by atoms with van der Waals surface area (Å²) < 4.78 is 3.81. The van der Waals surface area contributed by atoms with Crippen molar-refractivity contribution in [1.29, 1.82) is 0 Å².